The highest BCUT2D eigenvalue weighted by molar-refractivity contribution is 5.97. The number of phenols is 1. The Hall–Kier alpha value is -2.60. The van der Waals surface area contributed by atoms with Gasteiger partial charge < -0.3 is 19.8 Å². The first-order valence-corrected chi connectivity index (χ1v) is 8.29. The Morgan fingerprint density at radius 1 is 1.32 bits per heavy atom. The first kappa shape index (κ1) is 17.2. The molecule has 1 heterocycles. The Bertz CT molecular complexity index is 750. The molecule has 1 fully saturated rings. The molecule has 1 aromatic heterocycles. The lowest BCUT2D eigenvalue weighted by Crippen LogP contribution is -2.45. The number of carbonyl (C=O) groups excluding carboxylic acids is 1. The summed E-state index contributed by atoms with van der Waals surface area (Å²) in [5.74, 6) is 0.230. The molecular weight excluding hydrogens is 320 g/mol. The number of carbonyl (C=O) groups is 1. The van der Waals surface area contributed by atoms with Crippen molar-refractivity contribution in [3.05, 3.63) is 53.9 Å². The van der Waals surface area contributed by atoms with Gasteiger partial charge in [0.15, 0.2) is 0 Å². The van der Waals surface area contributed by atoms with Gasteiger partial charge in [0.05, 0.1) is 17.8 Å². The molecule has 1 saturated carbocycles. The monoisotopic (exact) mass is 342 g/mol. The molecule has 1 aliphatic rings. The van der Waals surface area contributed by atoms with Crippen LogP contribution in [0.5, 0.6) is 11.5 Å². The van der Waals surface area contributed by atoms with Crippen LogP contribution in [0.2, 0.25) is 0 Å². The van der Waals surface area contributed by atoms with E-state index < -0.39 is 12.2 Å². The number of nitrogens with zero attached hydrogens (tertiary/aromatic N) is 2. The molecule has 1 amide bonds. The number of likely N-dealkylation sites (N-methyl/N-ethyl adjacent to an activating group) is 1. The third-order valence-corrected chi connectivity index (χ3v) is 4.65. The molecule has 6 heteroatoms. The minimum absolute atomic E-state index is 0.0486. The number of aliphatic hydroxyl groups excluding tert-OH is 1. The molecule has 0 bridgehead atoms. The van der Waals surface area contributed by atoms with Gasteiger partial charge in [0.1, 0.15) is 23.7 Å². The predicted molar refractivity (Wildman–Crippen MR) is 92.6 cm³/mol. The molecule has 2 N–H and O–H groups in total. The molecule has 3 rings (SSSR count). The fourth-order valence-corrected chi connectivity index (χ4v) is 3.23. The summed E-state index contributed by atoms with van der Waals surface area (Å²) in [7, 11) is 1.64. The highest BCUT2D eigenvalue weighted by Crippen LogP contribution is 2.30. The zero-order valence-electron chi connectivity index (χ0n) is 14.3. The fraction of sp³-hybridized carbons (Fsp3) is 0.368. The van der Waals surface area contributed by atoms with Crippen molar-refractivity contribution in [1.29, 1.82) is 0 Å². The minimum atomic E-state index is -0.804. The maximum Gasteiger partial charge on any atom is 0.257 e. The molecule has 3 atom stereocenters. The van der Waals surface area contributed by atoms with Crippen molar-refractivity contribution in [2.45, 2.75) is 38.0 Å². The minimum Gasteiger partial charge on any atom is -0.507 e. The highest BCUT2D eigenvalue weighted by Gasteiger charge is 2.40. The van der Waals surface area contributed by atoms with Crippen LogP contribution in [-0.2, 0) is 0 Å². The SMILES string of the molecule is Cc1ccc(C(=O)N(C)[C@@H]2CC[C@@H](Oc3cccnc3)[C@@H]2O)c(O)c1. The molecule has 2 aromatic rings. The van der Waals surface area contributed by atoms with Gasteiger partial charge in [-0.3, -0.25) is 9.78 Å². The summed E-state index contributed by atoms with van der Waals surface area (Å²) < 4.78 is 5.79. The zero-order chi connectivity index (χ0) is 18.0. The molecule has 6 nitrogen and oxygen atoms in total. The Morgan fingerprint density at radius 2 is 2.12 bits per heavy atom. The lowest BCUT2D eigenvalue weighted by molar-refractivity contribution is 0.0164. The van der Waals surface area contributed by atoms with Crippen LogP contribution in [0, 0.1) is 6.92 Å². The van der Waals surface area contributed by atoms with E-state index in [4.69, 9.17) is 4.74 Å². The first-order valence-electron chi connectivity index (χ1n) is 8.29. The number of pyridine rings is 1. The summed E-state index contributed by atoms with van der Waals surface area (Å²) >= 11 is 0. The number of benzene rings is 1. The summed E-state index contributed by atoms with van der Waals surface area (Å²) in [6, 6.07) is 8.13. The van der Waals surface area contributed by atoms with Gasteiger partial charge in [0.25, 0.3) is 5.91 Å². The van der Waals surface area contributed by atoms with Gasteiger partial charge >= 0.3 is 0 Å². The molecule has 25 heavy (non-hydrogen) atoms. The standard InChI is InChI=1S/C19H22N2O4/c1-12-5-6-14(16(22)10-12)19(24)21(2)15-7-8-17(18(15)23)25-13-4-3-9-20-11-13/h3-6,9-11,15,17-18,22-23H,7-8H2,1-2H3/t15-,17-,18-/m1/s1. The van der Waals surface area contributed by atoms with E-state index in [0.717, 1.165) is 5.56 Å². The number of amides is 1. The number of hydrogen-bond donors (Lipinski definition) is 2. The number of aromatic hydroxyl groups is 1. The van der Waals surface area contributed by atoms with Crippen molar-refractivity contribution in [3.8, 4) is 11.5 Å². The summed E-state index contributed by atoms with van der Waals surface area (Å²) in [6.07, 6.45) is 3.32. The third-order valence-electron chi connectivity index (χ3n) is 4.65. The van der Waals surface area contributed by atoms with Crippen LogP contribution in [-0.4, -0.2) is 51.3 Å². The van der Waals surface area contributed by atoms with E-state index in [-0.39, 0.29) is 23.3 Å². The maximum absolute atomic E-state index is 12.7. The average molecular weight is 342 g/mol. The van der Waals surface area contributed by atoms with Crippen molar-refractivity contribution in [3.63, 3.8) is 0 Å². The summed E-state index contributed by atoms with van der Waals surface area (Å²) in [6.45, 7) is 1.85. The van der Waals surface area contributed by atoms with Gasteiger partial charge in [0.2, 0.25) is 0 Å². The van der Waals surface area contributed by atoms with E-state index in [9.17, 15) is 15.0 Å². The molecule has 1 aromatic carbocycles. The van der Waals surface area contributed by atoms with Crippen LogP contribution < -0.4 is 4.74 Å². The van der Waals surface area contributed by atoms with E-state index in [2.05, 4.69) is 4.98 Å². The molecular formula is C19H22N2O4. The van der Waals surface area contributed by atoms with Crippen molar-refractivity contribution < 1.29 is 19.7 Å². The Labute approximate surface area is 146 Å². The van der Waals surface area contributed by atoms with E-state index >= 15 is 0 Å². The van der Waals surface area contributed by atoms with Crippen molar-refractivity contribution in [2.75, 3.05) is 7.05 Å². The second-order valence-corrected chi connectivity index (χ2v) is 6.42. The summed E-state index contributed by atoms with van der Waals surface area (Å²) in [5, 5.41) is 20.6. The number of rotatable bonds is 4. The van der Waals surface area contributed by atoms with E-state index in [1.807, 2.05) is 6.92 Å². The molecule has 132 valence electrons. The Morgan fingerprint density at radius 3 is 2.80 bits per heavy atom. The Balaban J connectivity index is 1.70. The van der Waals surface area contributed by atoms with Gasteiger partial charge in [-0.25, -0.2) is 0 Å². The second kappa shape index (κ2) is 7.11. The highest BCUT2D eigenvalue weighted by atomic mass is 16.5. The predicted octanol–water partition coefficient (Wildman–Crippen LogP) is 2.14. The first-order chi connectivity index (χ1) is 12.0. The lowest BCUT2D eigenvalue weighted by Gasteiger charge is -2.29. The quantitative estimate of drug-likeness (QED) is 0.889. The topological polar surface area (TPSA) is 82.9 Å². The zero-order valence-corrected chi connectivity index (χ0v) is 14.3. The van der Waals surface area contributed by atoms with Crippen LogP contribution in [0.25, 0.3) is 0 Å². The molecule has 0 aliphatic heterocycles. The summed E-state index contributed by atoms with van der Waals surface area (Å²) in [5.41, 5.74) is 1.11. The van der Waals surface area contributed by atoms with E-state index in [1.165, 1.54) is 4.90 Å². The summed E-state index contributed by atoms with van der Waals surface area (Å²) in [4.78, 5) is 18.2. The van der Waals surface area contributed by atoms with Crippen molar-refractivity contribution in [2.24, 2.45) is 0 Å². The van der Waals surface area contributed by atoms with E-state index in [0.29, 0.717) is 18.6 Å². The average Bonchev–Trinajstić information content (AvgIpc) is 2.95. The normalized spacial score (nSPS) is 22.6. The number of hydrogen-bond acceptors (Lipinski definition) is 5. The molecule has 0 radical (unpaired) electrons. The van der Waals surface area contributed by atoms with Gasteiger partial charge in [-0.15, -0.1) is 0 Å². The van der Waals surface area contributed by atoms with Gasteiger partial charge in [-0.1, -0.05) is 6.07 Å². The van der Waals surface area contributed by atoms with Crippen LogP contribution >= 0.6 is 0 Å². The van der Waals surface area contributed by atoms with Crippen LogP contribution in [0.15, 0.2) is 42.7 Å². The molecule has 0 unspecified atom stereocenters. The van der Waals surface area contributed by atoms with Crippen molar-refractivity contribution >= 4 is 5.91 Å². The molecule has 0 saturated heterocycles. The number of phenolic OH excluding ortho intramolecular Hbond substituents is 1. The second-order valence-electron chi connectivity index (χ2n) is 6.42. The van der Waals surface area contributed by atoms with Crippen molar-refractivity contribution in [1.82, 2.24) is 9.88 Å². The number of aryl methyl sites for hydroxylation is 1. The Kier molecular flexibility index (Phi) is 4.90. The molecule has 1 aliphatic carbocycles. The lowest BCUT2D eigenvalue weighted by atomic mass is 10.1. The van der Waals surface area contributed by atoms with Crippen LogP contribution in [0.4, 0.5) is 0 Å². The number of aliphatic hydroxyl groups is 1. The van der Waals surface area contributed by atoms with Gasteiger partial charge in [0, 0.05) is 13.2 Å². The van der Waals surface area contributed by atoms with Crippen LogP contribution in [0.3, 0.4) is 0 Å². The third kappa shape index (κ3) is 3.58. The maximum atomic E-state index is 12.7. The van der Waals surface area contributed by atoms with Crippen LogP contribution in [0.1, 0.15) is 28.8 Å². The largest absolute Gasteiger partial charge is 0.507 e. The number of ether oxygens (including phenoxy) is 1. The van der Waals surface area contributed by atoms with Gasteiger partial charge in [-0.2, -0.15) is 0 Å². The van der Waals surface area contributed by atoms with E-state index in [1.54, 1.807) is 49.8 Å². The van der Waals surface area contributed by atoms with Gasteiger partial charge in [-0.05, 0) is 49.6 Å². The number of aromatic nitrogens is 1. The fourth-order valence-electron chi connectivity index (χ4n) is 3.23. The molecule has 0 spiro atoms. The smallest absolute Gasteiger partial charge is 0.257 e.